The molecule has 1 atom stereocenters. The van der Waals surface area contributed by atoms with Crippen molar-refractivity contribution in [3.63, 3.8) is 0 Å². The summed E-state index contributed by atoms with van der Waals surface area (Å²) in [5, 5.41) is 8.39. The second kappa shape index (κ2) is 7.19. The number of fused-ring (bicyclic) bond motifs is 2. The third-order valence-corrected chi connectivity index (χ3v) is 5.60. The Balaban J connectivity index is 1.67. The van der Waals surface area contributed by atoms with Gasteiger partial charge in [-0.25, -0.2) is 9.67 Å². The van der Waals surface area contributed by atoms with Crippen LogP contribution in [0.25, 0.3) is 16.7 Å². The minimum atomic E-state index is -0.179. The lowest BCUT2D eigenvalue weighted by atomic mass is 10.2. The lowest BCUT2D eigenvalue weighted by Gasteiger charge is -2.14. The number of carbonyl (C=O) groups is 1. The highest BCUT2D eigenvalue weighted by atomic mass is 32.2. The zero-order valence-corrected chi connectivity index (χ0v) is 16.1. The molecule has 3 heterocycles. The minimum Gasteiger partial charge on any atom is -0.356 e. The van der Waals surface area contributed by atoms with Crippen LogP contribution in [0.3, 0.4) is 0 Å². The van der Waals surface area contributed by atoms with E-state index in [2.05, 4.69) is 29.2 Å². The molecule has 0 unspecified atom stereocenters. The predicted molar refractivity (Wildman–Crippen MR) is 105 cm³/mol. The molecule has 0 bridgehead atoms. The summed E-state index contributed by atoms with van der Waals surface area (Å²) in [6.45, 7) is 4.74. The summed E-state index contributed by atoms with van der Waals surface area (Å²) in [7, 11) is 0. The molecular formula is C19H21N5O2S. The molecule has 7 nitrogen and oxygen atoms in total. The van der Waals surface area contributed by atoms with Crippen molar-refractivity contribution in [1.82, 2.24) is 24.6 Å². The summed E-state index contributed by atoms with van der Waals surface area (Å²) in [6.07, 6.45) is 1.84. The number of para-hydroxylation sites is 1. The molecule has 1 N–H and O–H groups in total. The molecule has 8 heteroatoms. The molecule has 1 aromatic carbocycles. The van der Waals surface area contributed by atoms with Crippen molar-refractivity contribution >= 4 is 28.7 Å². The van der Waals surface area contributed by atoms with E-state index in [9.17, 15) is 9.59 Å². The number of carbonyl (C=O) groups excluding carboxylic acids is 1. The van der Waals surface area contributed by atoms with Gasteiger partial charge in [0.1, 0.15) is 5.39 Å². The molecule has 27 heavy (non-hydrogen) atoms. The first-order valence-corrected chi connectivity index (χ1v) is 9.98. The van der Waals surface area contributed by atoms with Crippen LogP contribution in [0.2, 0.25) is 0 Å². The van der Waals surface area contributed by atoms with Crippen LogP contribution < -0.4 is 10.9 Å². The van der Waals surface area contributed by atoms with Gasteiger partial charge in [-0.1, -0.05) is 43.8 Å². The van der Waals surface area contributed by atoms with Crippen molar-refractivity contribution in [2.24, 2.45) is 5.92 Å². The van der Waals surface area contributed by atoms with Crippen LogP contribution in [0, 0.1) is 5.92 Å². The Hall–Kier alpha value is -2.61. The van der Waals surface area contributed by atoms with E-state index in [0.717, 1.165) is 5.69 Å². The number of aromatic nitrogens is 4. The summed E-state index contributed by atoms with van der Waals surface area (Å²) in [5.41, 5.74) is 1.27. The lowest BCUT2D eigenvalue weighted by Crippen LogP contribution is -2.32. The predicted octanol–water partition coefficient (Wildman–Crippen LogP) is 2.39. The Morgan fingerprint density at radius 2 is 2.11 bits per heavy atom. The van der Waals surface area contributed by atoms with E-state index in [1.54, 1.807) is 15.4 Å². The summed E-state index contributed by atoms with van der Waals surface area (Å²) in [5.74, 6) is 1.03. The van der Waals surface area contributed by atoms with Crippen molar-refractivity contribution in [1.29, 1.82) is 0 Å². The van der Waals surface area contributed by atoms with E-state index in [-0.39, 0.29) is 23.9 Å². The molecule has 0 fully saturated rings. The van der Waals surface area contributed by atoms with Gasteiger partial charge in [-0.15, -0.1) is 0 Å². The van der Waals surface area contributed by atoms with Crippen LogP contribution in [0.15, 0.2) is 46.5 Å². The van der Waals surface area contributed by atoms with Crippen molar-refractivity contribution in [3.05, 3.63) is 46.9 Å². The lowest BCUT2D eigenvalue weighted by molar-refractivity contribution is -0.121. The fourth-order valence-electron chi connectivity index (χ4n) is 3.14. The first-order chi connectivity index (χ1) is 13.0. The third kappa shape index (κ3) is 3.37. The van der Waals surface area contributed by atoms with E-state index < -0.39 is 0 Å². The number of nitrogens with one attached hydrogen (secondary N) is 1. The Bertz CT molecular complexity index is 1040. The molecule has 1 aliphatic rings. The Morgan fingerprint density at radius 3 is 2.85 bits per heavy atom. The number of nitrogens with zero attached hydrogens (tertiary/aromatic N) is 4. The highest BCUT2D eigenvalue weighted by Gasteiger charge is 2.29. The monoisotopic (exact) mass is 383 g/mol. The van der Waals surface area contributed by atoms with Crippen LogP contribution in [-0.2, 0) is 4.79 Å². The fraction of sp³-hybridized carbons (Fsp3) is 0.368. The highest BCUT2D eigenvalue weighted by molar-refractivity contribution is 7.99. The van der Waals surface area contributed by atoms with E-state index in [1.807, 2.05) is 30.3 Å². The maximum Gasteiger partial charge on any atom is 0.265 e. The van der Waals surface area contributed by atoms with Crippen molar-refractivity contribution in [2.45, 2.75) is 31.5 Å². The summed E-state index contributed by atoms with van der Waals surface area (Å²) in [6, 6.07) is 9.44. The van der Waals surface area contributed by atoms with E-state index in [1.165, 1.54) is 11.8 Å². The molecule has 140 valence electrons. The average Bonchev–Trinajstić information content (AvgIpc) is 3.26. The summed E-state index contributed by atoms with van der Waals surface area (Å²) >= 11 is 1.51. The van der Waals surface area contributed by atoms with Gasteiger partial charge in [-0.2, -0.15) is 5.10 Å². The maximum absolute atomic E-state index is 13.0. The molecule has 3 aromatic rings. The van der Waals surface area contributed by atoms with E-state index in [0.29, 0.717) is 34.4 Å². The van der Waals surface area contributed by atoms with Crippen molar-refractivity contribution in [3.8, 4) is 5.69 Å². The van der Waals surface area contributed by atoms with Gasteiger partial charge < -0.3 is 5.32 Å². The molecular weight excluding hydrogens is 362 g/mol. The molecule has 1 aliphatic heterocycles. The third-order valence-electron chi connectivity index (χ3n) is 4.50. The largest absolute Gasteiger partial charge is 0.356 e. The van der Waals surface area contributed by atoms with Crippen LogP contribution >= 0.6 is 11.8 Å². The molecule has 1 amide bonds. The van der Waals surface area contributed by atoms with Gasteiger partial charge in [0.2, 0.25) is 5.91 Å². The smallest absolute Gasteiger partial charge is 0.265 e. The van der Waals surface area contributed by atoms with E-state index in [4.69, 9.17) is 0 Å². The Labute approximate surface area is 160 Å². The first-order valence-electron chi connectivity index (χ1n) is 8.99. The van der Waals surface area contributed by atoms with Crippen molar-refractivity contribution < 1.29 is 4.79 Å². The van der Waals surface area contributed by atoms with Crippen LogP contribution in [0.4, 0.5) is 0 Å². The number of hydrogen-bond donors (Lipinski definition) is 1. The van der Waals surface area contributed by atoms with Gasteiger partial charge >= 0.3 is 0 Å². The molecule has 0 radical (unpaired) electrons. The van der Waals surface area contributed by atoms with Crippen LogP contribution in [0.1, 0.15) is 26.3 Å². The number of thioether (sulfide) groups is 1. The second-order valence-corrected chi connectivity index (χ2v) is 8.05. The van der Waals surface area contributed by atoms with Crippen LogP contribution in [0.5, 0.6) is 0 Å². The fourth-order valence-corrected chi connectivity index (χ4v) is 4.27. The number of benzene rings is 1. The van der Waals surface area contributed by atoms with Gasteiger partial charge in [0, 0.05) is 18.7 Å². The second-order valence-electron chi connectivity index (χ2n) is 7.07. The van der Waals surface area contributed by atoms with Gasteiger partial charge in [0.05, 0.1) is 17.9 Å². The average molecular weight is 383 g/mol. The van der Waals surface area contributed by atoms with Crippen LogP contribution in [-0.4, -0.2) is 37.5 Å². The molecule has 2 aromatic heterocycles. The normalized spacial score (nSPS) is 16.0. The van der Waals surface area contributed by atoms with Gasteiger partial charge in [0.15, 0.2) is 10.8 Å². The highest BCUT2D eigenvalue weighted by Crippen LogP contribution is 2.33. The molecule has 0 saturated heterocycles. The van der Waals surface area contributed by atoms with Crippen molar-refractivity contribution in [2.75, 3.05) is 12.3 Å². The number of rotatable bonds is 5. The van der Waals surface area contributed by atoms with Gasteiger partial charge in [-0.3, -0.25) is 14.2 Å². The van der Waals surface area contributed by atoms with Gasteiger partial charge in [-0.05, 0) is 18.1 Å². The Kier molecular flexibility index (Phi) is 4.73. The molecule has 0 spiro atoms. The zero-order chi connectivity index (χ0) is 19.0. The number of amides is 1. The first kappa shape index (κ1) is 17.8. The topological polar surface area (TPSA) is 81.8 Å². The summed E-state index contributed by atoms with van der Waals surface area (Å²) < 4.78 is 3.33. The number of hydrogen-bond acceptors (Lipinski definition) is 5. The standard InChI is InChI=1S/C19H21N5O2S/c1-12(2)9-20-16(25)8-14-11-27-19-22-17-15(18(26)23(14)19)10-21-24(17)13-6-4-3-5-7-13/h3-7,10,12,14H,8-9,11H2,1-2H3,(H,20,25)/t14-/m1/s1. The van der Waals surface area contributed by atoms with Gasteiger partial charge in [0.25, 0.3) is 5.56 Å². The molecule has 0 aliphatic carbocycles. The zero-order valence-electron chi connectivity index (χ0n) is 15.3. The maximum atomic E-state index is 13.0. The Morgan fingerprint density at radius 1 is 1.33 bits per heavy atom. The SMILES string of the molecule is CC(C)CNC(=O)C[C@@H]1CSc2nc3c(cnn3-c3ccccc3)c(=O)n21. The summed E-state index contributed by atoms with van der Waals surface area (Å²) in [4.78, 5) is 29.9. The quantitative estimate of drug-likeness (QED) is 0.684. The minimum absolute atomic E-state index is 0.0332. The van der Waals surface area contributed by atoms with E-state index >= 15 is 0 Å². The molecule has 0 saturated carbocycles. The molecule has 4 rings (SSSR count).